The standard InChI is InChI=1S/C10H9ClN2OS/c11-6-1-2-7-5(3-6)4-8-10(7,14)13-9(12)15-8/h1-3,8,14H,4H2,(H2,12,13). The number of hydrogen-bond donors (Lipinski definition) is 2. The number of amidine groups is 1. The first-order valence-electron chi connectivity index (χ1n) is 4.63. The second kappa shape index (κ2) is 2.90. The number of benzene rings is 1. The monoisotopic (exact) mass is 240 g/mol. The topological polar surface area (TPSA) is 58.6 Å². The molecule has 2 unspecified atom stereocenters. The second-order valence-electron chi connectivity index (χ2n) is 3.79. The average Bonchev–Trinajstić information content (AvgIpc) is 2.53. The molecule has 1 heterocycles. The molecule has 0 aromatic heterocycles. The maximum atomic E-state index is 10.4. The molecule has 0 spiro atoms. The Bertz CT molecular complexity index is 476. The van der Waals surface area contributed by atoms with Gasteiger partial charge in [-0.1, -0.05) is 29.4 Å². The predicted octanol–water partition coefficient (Wildman–Crippen LogP) is 1.47. The zero-order valence-electron chi connectivity index (χ0n) is 7.77. The van der Waals surface area contributed by atoms with E-state index in [0.29, 0.717) is 10.2 Å². The minimum absolute atomic E-state index is 0.00552. The van der Waals surface area contributed by atoms with Gasteiger partial charge in [0.25, 0.3) is 0 Å². The van der Waals surface area contributed by atoms with Crippen molar-refractivity contribution < 1.29 is 5.11 Å². The third-order valence-corrected chi connectivity index (χ3v) is 4.21. The molecule has 2 aliphatic rings. The molecule has 5 heteroatoms. The van der Waals surface area contributed by atoms with E-state index >= 15 is 0 Å². The van der Waals surface area contributed by atoms with Crippen LogP contribution in [-0.2, 0) is 12.1 Å². The number of nitrogens with two attached hydrogens (primary N) is 1. The van der Waals surface area contributed by atoms with Crippen LogP contribution < -0.4 is 5.73 Å². The summed E-state index contributed by atoms with van der Waals surface area (Å²) in [6.45, 7) is 0. The summed E-state index contributed by atoms with van der Waals surface area (Å²) >= 11 is 7.34. The Morgan fingerprint density at radius 3 is 3.20 bits per heavy atom. The summed E-state index contributed by atoms with van der Waals surface area (Å²) in [6.07, 6.45) is 0.765. The Balaban J connectivity index is 2.17. The highest BCUT2D eigenvalue weighted by Gasteiger charge is 2.50. The number of aliphatic hydroxyl groups is 1. The number of halogens is 1. The van der Waals surface area contributed by atoms with Crippen molar-refractivity contribution >= 4 is 28.5 Å². The third-order valence-electron chi connectivity index (χ3n) is 2.86. The average molecular weight is 241 g/mol. The van der Waals surface area contributed by atoms with E-state index < -0.39 is 5.72 Å². The minimum atomic E-state index is -1.13. The van der Waals surface area contributed by atoms with Crippen molar-refractivity contribution in [1.29, 1.82) is 0 Å². The zero-order chi connectivity index (χ0) is 10.6. The van der Waals surface area contributed by atoms with Gasteiger partial charge in [0, 0.05) is 10.6 Å². The first-order chi connectivity index (χ1) is 7.09. The van der Waals surface area contributed by atoms with Gasteiger partial charge in [0.15, 0.2) is 10.9 Å². The van der Waals surface area contributed by atoms with Crippen LogP contribution in [0.5, 0.6) is 0 Å². The van der Waals surface area contributed by atoms with E-state index in [0.717, 1.165) is 17.5 Å². The van der Waals surface area contributed by atoms with Crippen LogP contribution in [0.25, 0.3) is 0 Å². The van der Waals surface area contributed by atoms with E-state index in [-0.39, 0.29) is 5.25 Å². The molecule has 0 fully saturated rings. The lowest BCUT2D eigenvalue weighted by molar-refractivity contribution is 0.0579. The Kier molecular flexibility index (Phi) is 1.84. The third kappa shape index (κ3) is 1.22. The Morgan fingerprint density at radius 2 is 2.40 bits per heavy atom. The van der Waals surface area contributed by atoms with Crippen molar-refractivity contribution in [3.63, 3.8) is 0 Å². The fraction of sp³-hybridized carbons (Fsp3) is 0.300. The van der Waals surface area contributed by atoms with E-state index in [1.54, 1.807) is 6.07 Å². The molecule has 3 rings (SSSR count). The zero-order valence-corrected chi connectivity index (χ0v) is 9.35. The Morgan fingerprint density at radius 1 is 1.60 bits per heavy atom. The summed E-state index contributed by atoms with van der Waals surface area (Å²) in [5, 5.41) is 11.6. The lowest BCUT2D eigenvalue weighted by Gasteiger charge is -2.19. The molecule has 0 bridgehead atoms. The van der Waals surface area contributed by atoms with Gasteiger partial charge in [-0.25, -0.2) is 4.99 Å². The quantitative estimate of drug-likeness (QED) is 0.722. The van der Waals surface area contributed by atoms with Crippen LogP contribution in [0.4, 0.5) is 0 Å². The lowest BCUT2D eigenvalue weighted by Crippen LogP contribution is -2.27. The number of aliphatic imine (C=N–C) groups is 1. The molecule has 1 aliphatic carbocycles. The maximum absolute atomic E-state index is 10.4. The van der Waals surface area contributed by atoms with Crippen molar-refractivity contribution in [3.8, 4) is 0 Å². The number of rotatable bonds is 0. The molecular weight excluding hydrogens is 232 g/mol. The van der Waals surface area contributed by atoms with Gasteiger partial charge in [-0.2, -0.15) is 0 Å². The molecule has 3 N–H and O–H groups in total. The fourth-order valence-corrected chi connectivity index (χ4v) is 3.49. The molecule has 0 amide bonds. The smallest absolute Gasteiger partial charge is 0.198 e. The van der Waals surface area contributed by atoms with Crippen molar-refractivity contribution in [2.24, 2.45) is 10.7 Å². The van der Waals surface area contributed by atoms with E-state index in [1.807, 2.05) is 12.1 Å². The van der Waals surface area contributed by atoms with Crippen LogP contribution in [0.3, 0.4) is 0 Å². The molecule has 78 valence electrons. The highest BCUT2D eigenvalue weighted by molar-refractivity contribution is 8.14. The largest absolute Gasteiger partial charge is 0.378 e. The fourth-order valence-electron chi connectivity index (χ4n) is 2.20. The minimum Gasteiger partial charge on any atom is -0.378 e. The van der Waals surface area contributed by atoms with Crippen molar-refractivity contribution in [2.45, 2.75) is 17.4 Å². The second-order valence-corrected chi connectivity index (χ2v) is 5.45. The highest BCUT2D eigenvalue weighted by Crippen LogP contribution is 2.48. The molecule has 1 aromatic rings. The summed E-state index contributed by atoms with van der Waals surface area (Å²) in [5.74, 6) is 0. The van der Waals surface area contributed by atoms with Gasteiger partial charge < -0.3 is 10.8 Å². The van der Waals surface area contributed by atoms with Gasteiger partial charge in [-0.05, 0) is 24.1 Å². The van der Waals surface area contributed by atoms with Gasteiger partial charge >= 0.3 is 0 Å². The molecule has 0 saturated heterocycles. The van der Waals surface area contributed by atoms with Gasteiger partial charge in [0.2, 0.25) is 0 Å². The van der Waals surface area contributed by atoms with Crippen molar-refractivity contribution in [2.75, 3.05) is 0 Å². The predicted molar refractivity (Wildman–Crippen MR) is 62.1 cm³/mol. The van der Waals surface area contributed by atoms with E-state index in [2.05, 4.69) is 4.99 Å². The molecule has 3 nitrogen and oxygen atoms in total. The normalized spacial score (nSPS) is 32.4. The SMILES string of the molecule is NC1=NC2(O)c3ccc(Cl)cc3CC2S1. The molecule has 15 heavy (non-hydrogen) atoms. The summed E-state index contributed by atoms with van der Waals surface area (Å²) in [5.41, 5.74) is 6.40. The van der Waals surface area contributed by atoms with Crippen LogP contribution in [0.15, 0.2) is 23.2 Å². The van der Waals surface area contributed by atoms with Crippen LogP contribution in [0.2, 0.25) is 5.02 Å². The van der Waals surface area contributed by atoms with Gasteiger partial charge in [-0.3, -0.25) is 0 Å². The first-order valence-corrected chi connectivity index (χ1v) is 5.88. The summed E-state index contributed by atoms with van der Waals surface area (Å²) in [7, 11) is 0. The van der Waals surface area contributed by atoms with E-state index in [4.69, 9.17) is 17.3 Å². The number of thioether (sulfide) groups is 1. The Hall–Kier alpha value is -0.710. The molecular formula is C10H9ClN2OS. The maximum Gasteiger partial charge on any atom is 0.198 e. The van der Waals surface area contributed by atoms with Crippen LogP contribution >= 0.6 is 23.4 Å². The van der Waals surface area contributed by atoms with E-state index in [1.165, 1.54) is 11.8 Å². The number of fused-ring (bicyclic) bond motifs is 3. The molecule has 0 radical (unpaired) electrons. The molecule has 1 aliphatic heterocycles. The van der Waals surface area contributed by atoms with Crippen LogP contribution in [0, 0.1) is 0 Å². The molecule has 0 saturated carbocycles. The van der Waals surface area contributed by atoms with Crippen molar-refractivity contribution in [3.05, 3.63) is 34.3 Å². The summed E-state index contributed by atoms with van der Waals surface area (Å²) < 4.78 is 0. The van der Waals surface area contributed by atoms with Gasteiger partial charge in [-0.15, -0.1) is 0 Å². The van der Waals surface area contributed by atoms with Gasteiger partial charge in [0.1, 0.15) is 0 Å². The van der Waals surface area contributed by atoms with Crippen LogP contribution in [0.1, 0.15) is 11.1 Å². The van der Waals surface area contributed by atoms with E-state index in [9.17, 15) is 5.11 Å². The lowest BCUT2D eigenvalue weighted by atomic mass is 10.1. The number of nitrogens with zero attached hydrogens (tertiary/aromatic N) is 1. The summed E-state index contributed by atoms with van der Waals surface area (Å²) in [4.78, 5) is 4.12. The van der Waals surface area contributed by atoms with Gasteiger partial charge in [0.05, 0.1) is 5.25 Å². The first kappa shape index (κ1) is 9.51. The highest BCUT2D eigenvalue weighted by atomic mass is 35.5. The Labute approximate surface area is 96.3 Å². The molecule has 1 aromatic carbocycles. The molecule has 2 atom stereocenters. The van der Waals surface area contributed by atoms with Crippen molar-refractivity contribution in [1.82, 2.24) is 0 Å². The van der Waals surface area contributed by atoms with Crippen LogP contribution in [-0.4, -0.2) is 15.5 Å². The number of hydrogen-bond acceptors (Lipinski definition) is 4. The summed E-state index contributed by atoms with van der Waals surface area (Å²) in [6, 6.07) is 5.50.